The molecule has 0 aliphatic heterocycles. The van der Waals surface area contributed by atoms with Gasteiger partial charge in [0.25, 0.3) is 0 Å². The van der Waals surface area contributed by atoms with Gasteiger partial charge in [-0.15, -0.1) is 12.4 Å². The van der Waals surface area contributed by atoms with E-state index in [1.165, 1.54) is 6.92 Å². The molecule has 1 saturated carbocycles. The van der Waals surface area contributed by atoms with Gasteiger partial charge in [0, 0.05) is 11.3 Å². The first-order chi connectivity index (χ1) is 8.51. The highest BCUT2D eigenvalue weighted by Crippen LogP contribution is 2.28. The van der Waals surface area contributed by atoms with Crippen molar-refractivity contribution in [3.05, 3.63) is 29.8 Å². The van der Waals surface area contributed by atoms with Crippen molar-refractivity contribution in [1.82, 2.24) is 0 Å². The van der Waals surface area contributed by atoms with E-state index >= 15 is 0 Å². The molecule has 0 atom stereocenters. The molecule has 1 aliphatic rings. The lowest BCUT2D eigenvalue weighted by molar-refractivity contribution is -0.121. The van der Waals surface area contributed by atoms with E-state index in [1.807, 2.05) is 0 Å². The monoisotopic (exact) mass is 282 g/mol. The number of halogens is 1. The molecule has 104 valence electrons. The second kappa shape index (κ2) is 6.17. The normalized spacial score (nSPS) is 16.5. The van der Waals surface area contributed by atoms with Crippen molar-refractivity contribution in [3.63, 3.8) is 0 Å². The summed E-state index contributed by atoms with van der Waals surface area (Å²) >= 11 is 0. The van der Waals surface area contributed by atoms with Gasteiger partial charge < -0.3 is 11.1 Å². The van der Waals surface area contributed by atoms with Crippen LogP contribution in [0.25, 0.3) is 0 Å². The zero-order valence-electron chi connectivity index (χ0n) is 10.9. The maximum Gasteiger partial charge on any atom is 0.244 e. The molecular formula is C14H19ClN2O2. The van der Waals surface area contributed by atoms with Crippen molar-refractivity contribution < 1.29 is 9.59 Å². The van der Waals surface area contributed by atoms with E-state index in [0.29, 0.717) is 11.3 Å². The predicted molar refractivity (Wildman–Crippen MR) is 77.7 cm³/mol. The number of amides is 1. The summed E-state index contributed by atoms with van der Waals surface area (Å²) in [5, 5.41) is 2.80. The molecule has 0 saturated heterocycles. The van der Waals surface area contributed by atoms with Crippen LogP contribution in [0.1, 0.15) is 43.0 Å². The molecule has 2 rings (SSSR count). The highest BCUT2D eigenvalue weighted by molar-refractivity contribution is 6.00. The molecule has 1 aromatic carbocycles. The Morgan fingerprint density at radius 3 is 2.47 bits per heavy atom. The van der Waals surface area contributed by atoms with Gasteiger partial charge in [-0.3, -0.25) is 9.59 Å². The number of ketones is 1. The van der Waals surface area contributed by atoms with Crippen LogP contribution in [-0.2, 0) is 4.79 Å². The van der Waals surface area contributed by atoms with Crippen LogP contribution in [0.2, 0.25) is 0 Å². The molecule has 0 heterocycles. The number of hydrogen-bond donors (Lipinski definition) is 2. The number of rotatable bonds is 3. The van der Waals surface area contributed by atoms with Crippen LogP contribution in [0.5, 0.6) is 0 Å². The summed E-state index contributed by atoms with van der Waals surface area (Å²) in [6.07, 6.45) is 3.45. The van der Waals surface area contributed by atoms with Gasteiger partial charge in [-0.1, -0.05) is 25.0 Å². The molecule has 1 amide bonds. The smallest absolute Gasteiger partial charge is 0.244 e. The summed E-state index contributed by atoms with van der Waals surface area (Å²) in [6, 6.07) is 6.93. The van der Waals surface area contributed by atoms with Crippen LogP contribution >= 0.6 is 12.4 Å². The van der Waals surface area contributed by atoms with Gasteiger partial charge in [0.1, 0.15) is 0 Å². The summed E-state index contributed by atoms with van der Waals surface area (Å²) in [5.74, 6) is -0.171. The quantitative estimate of drug-likeness (QED) is 0.837. The van der Waals surface area contributed by atoms with Crippen molar-refractivity contribution >= 4 is 29.8 Å². The number of nitrogens with two attached hydrogens (primary N) is 1. The number of nitrogens with one attached hydrogen (secondary N) is 1. The van der Waals surface area contributed by atoms with Gasteiger partial charge in [-0.25, -0.2) is 0 Å². The second-order valence-electron chi connectivity index (χ2n) is 4.95. The summed E-state index contributed by atoms with van der Waals surface area (Å²) < 4.78 is 0. The van der Waals surface area contributed by atoms with Crippen LogP contribution in [0, 0.1) is 0 Å². The van der Waals surface area contributed by atoms with E-state index in [9.17, 15) is 9.59 Å². The minimum Gasteiger partial charge on any atom is -0.324 e. The van der Waals surface area contributed by atoms with Gasteiger partial charge in [0.2, 0.25) is 5.91 Å². The Morgan fingerprint density at radius 1 is 1.26 bits per heavy atom. The molecule has 0 aromatic heterocycles. The lowest BCUT2D eigenvalue weighted by atomic mass is 9.98. The first-order valence-electron chi connectivity index (χ1n) is 6.23. The number of carbonyl (C=O) groups excluding carboxylic acids is 2. The molecule has 1 fully saturated rings. The average molecular weight is 283 g/mol. The van der Waals surface area contributed by atoms with E-state index in [1.54, 1.807) is 24.3 Å². The van der Waals surface area contributed by atoms with E-state index in [2.05, 4.69) is 5.32 Å². The lowest BCUT2D eigenvalue weighted by Gasteiger charge is -2.22. The molecule has 0 bridgehead atoms. The molecule has 1 aromatic rings. The van der Waals surface area contributed by atoms with E-state index in [4.69, 9.17) is 5.73 Å². The van der Waals surface area contributed by atoms with Gasteiger partial charge in [0.15, 0.2) is 5.78 Å². The Bertz CT molecular complexity index is 482. The number of Topliss-reactive ketones (excluding diaryl/α,β-unsaturated/α-hetero) is 1. The van der Waals surface area contributed by atoms with Crippen molar-refractivity contribution in [1.29, 1.82) is 0 Å². The molecular weight excluding hydrogens is 264 g/mol. The molecule has 0 spiro atoms. The minimum absolute atomic E-state index is 0. The Hall–Kier alpha value is -1.39. The third-order valence-corrected chi connectivity index (χ3v) is 3.47. The third-order valence-electron chi connectivity index (χ3n) is 3.47. The fourth-order valence-corrected chi connectivity index (χ4v) is 2.30. The Balaban J connectivity index is 0.00000180. The number of benzene rings is 1. The fourth-order valence-electron chi connectivity index (χ4n) is 2.30. The zero-order valence-corrected chi connectivity index (χ0v) is 11.8. The predicted octanol–water partition coefficient (Wildman–Crippen LogP) is 2.52. The van der Waals surface area contributed by atoms with Crippen molar-refractivity contribution in [2.24, 2.45) is 5.73 Å². The number of hydrogen-bond acceptors (Lipinski definition) is 3. The Kier molecular flexibility index (Phi) is 5.09. The lowest BCUT2D eigenvalue weighted by Crippen LogP contribution is -2.48. The Morgan fingerprint density at radius 2 is 1.89 bits per heavy atom. The highest BCUT2D eigenvalue weighted by atomic mass is 35.5. The van der Waals surface area contributed by atoms with Gasteiger partial charge in [-0.05, 0) is 31.9 Å². The maximum absolute atomic E-state index is 12.1. The minimum atomic E-state index is -0.744. The van der Waals surface area contributed by atoms with Crippen LogP contribution in [0.4, 0.5) is 5.69 Å². The topological polar surface area (TPSA) is 72.2 Å². The maximum atomic E-state index is 12.1. The second-order valence-corrected chi connectivity index (χ2v) is 4.95. The molecule has 0 unspecified atom stereocenters. The van der Waals surface area contributed by atoms with Crippen molar-refractivity contribution in [3.8, 4) is 0 Å². The van der Waals surface area contributed by atoms with Crippen molar-refractivity contribution in [2.75, 3.05) is 5.32 Å². The summed E-state index contributed by atoms with van der Waals surface area (Å²) in [4.78, 5) is 23.4. The summed E-state index contributed by atoms with van der Waals surface area (Å²) in [5.41, 5.74) is 6.54. The van der Waals surface area contributed by atoms with Gasteiger partial charge >= 0.3 is 0 Å². The summed E-state index contributed by atoms with van der Waals surface area (Å²) in [6.45, 7) is 1.50. The first-order valence-corrected chi connectivity index (χ1v) is 6.23. The molecule has 0 radical (unpaired) electrons. The largest absolute Gasteiger partial charge is 0.324 e. The molecule has 4 nitrogen and oxygen atoms in total. The fraction of sp³-hybridized carbons (Fsp3) is 0.429. The molecule has 5 heteroatoms. The van der Waals surface area contributed by atoms with E-state index in [0.717, 1.165) is 25.7 Å². The van der Waals surface area contributed by atoms with E-state index in [-0.39, 0.29) is 24.1 Å². The van der Waals surface area contributed by atoms with Crippen LogP contribution in [-0.4, -0.2) is 17.2 Å². The standard InChI is InChI=1S/C14H18N2O2.ClH/c1-10(17)11-5-4-6-12(9-11)16-13(18)14(15)7-2-3-8-14;/h4-6,9H,2-3,7-8,15H2,1H3,(H,16,18);1H. The molecule has 1 aliphatic carbocycles. The summed E-state index contributed by atoms with van der Waals surface area (Å²) in [7, 11) is 0. The third kappa shape index (κ3) is 3.55. The SMILES string of the molecule is CC(=O)c1cccc(NC(=O)C2(N)CCCC2)c1.Cl. The molecule has 3 N–H and O–H groups in total. The zero-order chi connectivity index (χ0) is 13.2. The van der Waals surface area contributed by atoms with Crippen molar-refractivity contribution in [2.45, 2.75) is 38.1 Å². The van der Waals surface area contributed by atoms with Crippen LogP contribution < -0.4 is 11.1 Å². The van der Waals surface area contributed by atoms with E-state index < -0.39 is 5.54 Å². The van der Waals surface area contributed by atoms with Crippen LogP contribution in [0.15, 0.2) is 24.3 Å². The van der Waals surface area contributed by atoms with Crippen LogP contribution in [0.3, 0.4) is 0 Å². The highest BCUT2D eigenvalue weighted by Gasteiger charge is 2.36. The number of anilines is 1. The molecule has 19 heavy (non-hydrogen) atoms. The number of carbonyl (C=O) groups is 2. The average Bonchev–Trinajstić information content (AvgIpc) is 2.78. The van der Waals surface area contributed by atoms with Gasteiger partial charge in [-0.2, -0.15) is 0 Å². The first kappa shape index (κ1) is 15.7. The Labute approximate surface area is 119 Å². The van der Waals surface area contributed by atoms with Gasteiger partial charge in [0.05, 0.1) is 5.54 Å².